The van der Waals surface area contributed by atoms with Gasteiger partial charge in [0.15, 0.2) is 0 Å². The molecule has 1 fully saturated rings. The van der Waals surface area contributed by atoms with E-state index >= 15 is 0 Å². The number of carbonyl (C=O) groups is 1. The van der Waals surface area contributed by atoms with Crippen molar-refractivity contribution in [2.75, 3.05) is 20.1 Å². The lowest BCUT2D eigenvalue weighted by Crippen LogP contribution is -2.52. The van der Waals surface area contributed by atoms with Gasteiger partial charge in [0.25, 0.3) is 0 Å². The van der Waals surface area contributed by atoms with Gasteiger partial charge in [-0.3, -0.25) is 9.69 Å². The second-order valence-corrected chi connectivity index (χ2v) is 8.00. The van der Waals surface area contributed by atoms with Gasteiger partial charge in [0.05, 0.1) is 17.6 Å². The monoisotopic (exact) mass is 407 g/mol. The van der Waals surface area contributed by atoms with E-state index in [0.29, 0.717) is 17.9 Å². The average molecular weight is 408 g/mol. The fourth-order valence-corrected chi connectivity index (χ4v) is 3.57. The number of carbonyl (C=O) groups excluding carboxylic acids is 1. The van der Waals surface area contributed by atoms with Crippen LogP contribution >= 0.6 is 0 Å². The summed E-state index contributed by atoms with van der Waals surface area (Å²) in [5.41, 5.74) is 3.71. The Morgan fingerprint density at radius 2 is 1.90 bits per heavy atom. The molecule has 1 saturated heterocycles. The number of likely N-dealkylation sites (tertiary alicyclic amines) is 1. The first-order valence-corrected chi connectivity index (χ1v) is 10.3. The van der Waals surface area contributed by atoms with Crippen LogP contribution in [-0.2, 0) is 17.9 Å². The van der Waals surface area contributed by atoms with Gasteiger partial charge in [0.1, 0.15) is 24.2 Å². The number of nitriles is 1. The van der Waals surface area contributed by atoms with E-state index in [9.17, 15) is 10.1 Å². The lowest BCUT2D eigenvalue weighted by molar-refractivity contribution is -0.129. The zero-order chi connectivity index (χ0) is 21.7. The van der Waals surface area contributed by atoms with E-state index in [0.717, 1.165) is 36.5 Å². The molecule has 1 heterocycles. The van der Waals surface area contributed by atoms with Crippen molar-refractivity contribution in [3.05, 3.63) is 58.7 Å². The SMILES string of the molecule is CNC(=O)C1CN(Cc2ccc(OCc3ccc(OC(C)C)c(C#N)c3)c(C)c2)C1. The number of ether oxygens (including phenoxy) is 2. The molecule has 2 aromatic carbocycles. The summed E-state index contributed by atoms with van der Waals surface area (Å²) >= 11 is 0. The summed E-state index contributed by atoms with van der Waals surface area (Å²) in [7, 11) is 1.68. The lowest BCUT2D eigenvalue weighted by Gasteiger charge is -2.38. The summed E-state index contributed by atoms with van der Waals surface area (Å²) in [6.45, 7) is 8.72. The summed E-state index contributed by atoms with van der Waals surface area (Å²) < 4.78 is 11.7. The quantitative estimate of drug-likeness (QED) is 0.726. The van der Waals surface area contributed by atoms with Crippen LogP contribution in [-0.4, -0.2) is 37.0 Å². The minimum Gasteiger partial charge on any atom is -0.490 e. The number of benzene rings is 2. The fraction of sp³-hybridized carbons (Fsp3) is 0.417. The van der Waals surface area contributed by atoms with Gasteiger partial charge in [-0.1, -0.05) is 18.2 Å². The van der Waals surface area contributed by atoms with Crippen molar-refractivity contribution >= 4 is 5.91 Å². The molecule has 1 aliphatic heterocycles. The molecule has 0 aliphatic carbocycles. The molecule has 3 rings (SSSR count). The number of aryl methyl sites for hydroxylation is 1. The number of nitrogens with zero attached hydrogens (tertiary/aromatic N) is 2. The van der Waals surface area contributed by atoms with Crippen molar-refractivity contribution < 1.29 is 14.3 Å². The van der Waals surface area contributed by atoms with Crippen molar-refractivity contribution in [3.8, 4) is 17.6 Å². The van der Waals surface area contributed by atoms with Crippen LogP contribution in [0.25, 0.3) is 0 Å². The molecule has 2 aromatic rings. The second kappa shape index (κ2) is 9.64. The van der Waals surface area contributed by atoms with Crippen LogP contribution in [0.3, 0.4) is 0 Å². The van der Waals surface area contributed by atoms with E-state index in [1.165, 1.54) is 5.56 Å². The molecule has 1 N–H and O–H groups in total. The van der Waals surface area contributed by atoms with Gasteiger partial charge in [-0.05, 0) is 55.7 Å². The predicted molar refractivity (Wildman–Crippen MR) is 115 cm³/mol. The van der Waals surface area contributed by atoms with Crippen molar-refractivity contribution in [2.45, 2.75) is 40.0 Å². The third kappa shape index (κ3) is 5.31. The molecule has 0 saturated carbocycles. The van der Waals surface area contributed by atoms with E-state index in [4.69, 9.17) is 9.47 Å². The third-order valence-electron chi connectivity index (χ3n) is 5.14. The second-order valence-electron chi connectivity index (χ2n) is 8.00. The molecular weight excluding hydrogens is 378 g/mol. The normalized spacial score (nSPS) is 14.1. The minimum atomic E-state index is 0.0197. The molecule has 6 nitrogen and oxygen atoms in total. The van der Waals surface area contributed by atoms with Gasteiger partial charge in [-0.25, -0.2) is 0 Å². The topological polar surface area (TPSA) is 74.6 Å². The van der Waals surface area contributed by atoms with Crippen LogP contribution in [0.5, 0.6) is 11.5 Å². The van der Waals surface area contributed by atoms with Crippen LogP contribution in [0, 0.1) is 24.2 Å². The minimum absolute atomic E-state index is 0.0197. The van der Waals surface area contributed by atoms with Gasteiger partial charge in [-0.2, -0.15) is 5.26 Å². The fourth-order valence-electron chi connectivity index (χ4n) is 3.57. The Kier molecular flexibility index (Phi) is 6.96. The van der Waals surface area contributed by atoms with Crippen molar-refractivity contribution in [1.82, 2.24) is 10.2 Å². The Labute approximate surface area is 178 Å². The van der Waals surface area contributed by atoms with Gasteiger partial charge in [-0.15, -0.1) is 0 Å². The Bertz CT molecular complexity index is 943. The third-order valence-corrected chi connectivity index (χ3v) is 5.14. The zero-order valence-electron chi connectivity index (χ0n) is 18.1. The molecule has 0 bridgehead atoms. The van der Waals surface area contributed by atoms with E-state index in [2.05, 4.69) is 28.4 Å². The molecular formula is C24H29N3O3. The standard InChI is InChI=1S/C24H29N3O3/c1-16(2)30-23-8-6-19(10-20(23)11-25)15-29-22-7-5-18(9-17(22)3)12-27-13-21(14-27)24(28)26-4/h5-10,16,21H,12-15H2,1-4H3,(H,26,28). The molecule has 0 atom stereocenters. The van der Waals surface area contributed by atoms with Gasteiger partial charge in [0.2, 0.25) is 5.91 Å². The largest absolute Gasteiger partial charge is 0.490 e. The van der Waals surface area contributed by atoms with Crippen LogP contribution < -0.4 is 14.8 Å². The Hall–Kier alpha value is -3.04. The maximum atomic E-state index is 11.6. The Morgan fingerprint density at radius 3 is 2.53 bits per heavy atom. The summed E-state index contributed by atoms with van der Waals surface area (Å²) in [6.07, 6.45) is 0.0197. The molecule has 1 aliphatic rings. The van der Waals surface area contributed by atoms with E-state index in [1.807, 2.05) is 45.0 Å². The maximum Gasteiger partial charge on any atom is 0.225 e. The number of hydrogen-bond donors (Lipinski definition) is 1. The Balaban J connectivity index is 1.56. The highest BCUT2D eigenvalue weighted by Crippen LogP contribution is 2.25. The number of hydrogen-bond acceptors (Lipinski definition) is 5. The van der Waals surface area contributed by atoms with Crippen LogP contribution in [0.1, 0.15) is 36.1 Å². The molecule has 30 heavy (non-hydrogen) atoms. The van der Waals surface area contributed by atoms with Crippen molar-refractivity contribution in [1.29, 1.82) is 5.26 Å². The predicted octanol–water partition coefficient (Wildman–Crippen LogP) is 3.41. The van der Waals surface area contributed by atoms with E-state index < -0.39 is 0 Å². The zero-order valence-corrected chi connectivity index (χ0v) is 18.1. The summed E-state index contributed by atoms with van der Waals surface area (Å²) in [4.78, 5) is 13.9. The van der Waals surface area contributed by atoms with Gasteiger partial charge < -0.3 is 14.8 Å². The summed E-state index contributed by atoms with van der Waals surface area (Å²) in [6, 6.07) is 13.9. The molecule has 6 heteroatoms. The number of rotatable bonds is 8. The van der Waals surface area contributed by atoms with Crippen molar-refractivity contribution in [2.24, 2.45) is 5.92 Å². The summed E-state index contributed by atoms with van der Waals surface area (Å²) in [5, 5.41) is 12.1. The van der Waals surface area contributed by atoms with Gasteiger partial charge in [0, 0.05) is 26.7 Å². The van der Waals surface area contributed by atoms with E-state index in [1.54, 1.807) is 7.05 Å². The Morgan fingerprint density at radius 1 is 1.20 bits per heavy atom. The number of nitrogens with one attached hydrogen (secondary N) is 1. The first-order chi connectivity index (χ1) is 14.4. The van der Waals surface area contributed by atoms with Crippen LogP contribution in [0.2, 0.25) is 0 Å². The first kappa shape index (κ1) is 21.7. The molecule has 0 aromatic heterocycles. The lowest BCUT2D eigenvalue weighted by atomic mass is 9.98. The van der Waals surface area contributed by atoms with Crippen LogP contribution in [0.15, 0.2) is 36.4 Å². The molecule has 1 amide bonds. The molecule has 0 radical (unpaired) electrons. The highest BCUT2D eigenvalue weighted by molar-refractivity contribution is 5.79. The molecule has 158 valence electrons. The average Bonchev–Trinajstić information content (AvgIpc) is 2.69. The van der Waals surface area contributed by atoms with Crippen molar-refractivity contribution in [3.63, 3.8) is 0 Å². The summed E-state index contributed by atoms with van der Waals surface area (Å²) in [5.74, 6) is 1.65. The smallest absolute Gasteiger partial charge is 0.225 e. The number of amides is 1. The highest BCUT2D eigenvalue weighted by Gasteiger charge is 2.31. The highest BCUT2D eigenvalue weighted by atomic mass is 16.5. The van der Waals surface area contributed by atoms with Crippen LogP contribution in [0.4, 0.5) is 0 Å². The first-order valence-electron chi connectivity index (χ1n) is 10.3. The maximum absolute atomic E-state index is 11.6. The molecule has 0 unspecified atom stereocenters. The molecule has 0 spiro atoms. The van der Waals surface area contributed by atoms with Gasteiger partial charge >= 0.3 is 0 Å². The van der Waals surface area contributed by atoms with E-state index in [-0.39, 0.29) is 17.9 Å².